The molecule has 1 aromatic heterocycles. The number of hydrogen-bond acceptors (Lipinski definition) is 2. The highest BCUT2D eigenvalue weighted by atomic mass is 16.1. The summed E-state index contributed by atoms with van der Waals surface area (Å²) < 4.78 is 0. The van der Waals surface area contributed by atoms with Crippen LogP contribution in [-0.4, -0.2) is 9.97 Å². The summed E-state index contributed by atoms with van der Waals surface area (Å²) in [7, 11) is 0. The van der Waals surface area contributed by atoms with Crippen molar-refractivity contribution in [2.75, 3.05) is 0 Å². The normalized spacial score (nSPS) is 10.8. The van der Waals surface area contributed by atoms with Crippen LogP contribution >= 0.6 is 0 Å². The van der Waals surface area contributed by atoms with Gasteiger partial charge in [0.25, 0.3) is 0 Å². The monoisotopic (exact) mass is 218 g/mol. The zero-order valence-electron chi connectivity index (χ0n) is 10.2. The van der Waals surface area contributed by atoms with Crippen molar-refractivity contribution in [1.29, 1.82) is 0 Å². The molecule has 1 N–H and O–H groups in total. The minimum absolute atomic E-state index is 0.144. The first-order chi connectivity index (χ1) is 7.39. The molecule has 0 spiro atoms. The first kappa shape index (κ1) is 12.4. The predicted octanol–water partition coefficient (Wildman–Crippen LogP) is 2.50. The molecule has 0 atom stereocenters. The van der Waals surface area contributed by atoms with E-state index < -0.39 is 0 Å². The van der Waals surface area contributed by atoms with Gasteiger partial charge in [-0.3, -0.25) is 9.78 Å². The molecule has 0 aliphatic carbocycles. The number of hydrogen-bond donors (Lipinski definition) is 1. The van der Waals surface area contributed by atoms with Crippen LogP contribution in [0.3, 0.4) is 0 Å². The van der Waals surface area contributed by atoms with Crippen molar-refractivity contribution in [2.24, 2.45) is 0 Å². The van der Waals surface area contributed by atoms with E-state index in [1.807, 2.05) is 39.8 Å². The lowest BCUT2D eigenvalue weighted by molar-refractivity contribution is 0.567. The molecule has 0 saturated heterocycles. The highest BCUT2D eigenvalue weighted by Gasteiger charge is 2.14. The van der Waals surface area contributed by atoms with Crippen molar-refractivity contribution < 1.29 is 0 Å². The van der Waals surface area contributed by atoms with Gasteiger partial charge in [-0.1, -0.05) is 26.8 Å². The summed E-state index contributed by atoms with van der Waals surface area (Å²) in [5.74, 6) is 0. The molecule has 0 saturated carbocycles. The van der Waals surface area contributed by atoms with Crippen LogP contribution in [0.5, 0.6) is 0 Å². The first-order valence-electron chi connectivity index (χ1n) is 5.31. The van der Waals surface area contributed by atoms with E-state index in [0.29, 0.717) is 0 Å². The maximum Gasteiger partial charge on any atom is 0.249 e. The van der Waals surface area contributed by atoms with E-state index in [9.17, 15) is 4.79 Å². The van der Waals surface area contributed by atoms with E-state index in [1.54, 1.807) is 18.3 Å². The van der Waals surface area contributed by atoms with Gasteiger partial charge in [0.1, 0.15) is 0 Å². The standard InChI is InChI=1S/C13H18N2O/c1-10-7-5-6-8-14-12(16)9-11(15-10)13(2,3)4/h5-9H,1-4H3,(H,14,16). The third-order valence-corrected chi connectivity index (χ3v) is 2.10. The lowest BCUT2D eigenvalue weighted by Gasteiger charge is -2.16. The molecule has 0 amide bonds. The molecule has 0 radical (unpaired) electrons. The Balaban J connectivity index is 3.56. The maximum absolute atomic E-state index is 11.5. The minimum Gasteiger partial charge on any atom is -0.329 e. The molecule has 0 bridgehead atoms. The van der Waals surface area contributed by atoms with Gasteiger partial charge < -0.3 is 4.98 Å². The molecule has 0 aromatic carbocycles. The average molecular weight is 218 g/mol. The lowest BCUT2D eigenvalue weighted by Crippen LogP contribution is -2.16. The summed E-state index contributed by atoms with van der Waals surface area (Å²) in [4.78, 5) is 18.6. The number of aryl methyl sites for hydroxylation is 1. The van der Waals surface area contributed by atoms with Crippen molar-refractivity contribution in [3.8, 4) is 0 Å². The van der Waals surface area contributed by atoms with Crippen LogP contribution in [0, 0.1) is 6.92 Å². The van der Waals surface area contributed by atoms with Gasteiger partial charge >= 0.3 is 0 Å². The van der Waals surface area contributed by atoms with Crippen LogP contribution in [0.25, 0.3) is 0 Å². The van der Waals surface area contributed by atoms with Gasteiger partial charge in [-0.15, -0.1) is 0 Å². The summed E-state index contributed by atoms with van der Waals surface area (Å²) in [5.41, 5.74) is 1.38. The Morgan fingerprint density at radius 2 is 1.94 bits per heavy atom. The second-order valence-corrected chi connectivity index (χ2v) is 4.76. The van der Waals surface area contributed by atoms with Gasteiger partial charge in [0.15, 0.2) is 0 Å². The minimum atomic E-state index is -0.145. The topological polar surface area (TPSA) is 45.8 Å². The van der Waals surface area contributed by atoms with E-state index in [2.05, 4.69) is 9.97 Å². The third kappa shape index (κ3) is 3.85. The van der Waals surface area contributed by atoms with Gasteiger partial charge in [0.2, 0.25) is 5.56 Å². The Kier molecular flexibility index (Phi) is 3.82. The quantitative estimate of drug-likeness (QED) is 0.727. The van der Waals surface area contributed by atoms with E-state index in [0.717, 1.165) is 11.4 Å². The molecule has 1 aromatic rings. The number of H-pyrrole nitrogens is 1. The Morgan fingerprint density at radius 3 is 2.56 bits per heavy atom. The fraction of sp³-hybridized carbons (Fsp3) is 0.385. The fourth-order valence-corrected chi connectivity index (χ4v) is 1.19. The van der Waals surface area contributed by atoms with Crippen LogP contribution < -0.4 is 5.56 Å². The molecular formula is C13H18N2O. The number of aromatic nitrogens is 2. The molecule has 0 unspecified atom stereocenters. The molecule has 1 heterocycles. The zero-order chi connectivity index (χ0) is 12.2. The fourth-order valence-electron chi connectivity index (χ4n) is 1.19. The van der Waals surface area contributed by atoms with E-state index in [4.69, 9.17) is 0 Å². The van der Waals surface area contributed by atoms with Crippen LogP contribution in [0.1, 0.15) is 32.2 Å². The van der Waals surface area contributed by atoms with Crippen LogP contribution in [0.4, 0.5) is 0 Å². The second kappa shape index (κ2) is 4.92. The Morgan fingerprint density at radius 1 is 1.25 bits per heavy atom. The Bertz CT molecular complexity index is 468. The number of nitrogens with one attached hydrogen (secondary N) is 1. The largest absolute Gasteiger partial charge is 0.329 e. The van der Waals surface area contributed by atoms with Crippen molar-refractivity contribution in [2.45, 2.75) is 33.1 Å². The average Bonchev–Trinajstić information content (AvgIpc) is 2.14. The molecule has 0 aliphatic heterocycles. The van der Waals surface area contributed by atoms with Crippen molar-refractivity contribution >= 4 is 0 Å². The van der Waals surface area contributed by atoms with Gasteiger partial charge in [0, 0.05) is 23.4 Å². The van der Waals surface area contributed by atoms with E-state index in [1.165, 1.54) is 0 Å². The molecule has 0 fully saturated rings. The number of aromatic amines is 1. The molecule has 16 heavy (non-hydrogen) atoms. The molecule has 86 valence electrons. The lowest BCUT2D eigenvalue weighted by atomic mass is 9.92. The van der Waals surface area contributed by atoms with Gasteiger partial charge in [-0.05, 0) is 19.1 Å². The second-order valence-electron chi connectivity index (χ2n) is 4.76. The van der Waals surface area contributed by atoms with Gasteiger partial charge in [-0.25, -0.2) is 0 Å². The Labute approximate surface area is 95.9 Å². The summed E-state index contributed by atoms with van der Waals surface area (Å²) in [6, 6.07) is 7.08. The summed E-state index contributed by atoms with van der Waals surface area (Å²) >= 11 is 0. The van der Waals surface area contributed by atoms with E-state index in [-0.39, 0.29) is 11.0 Å². The zero-order valence-corrected chi connectivity index (χ0v) is 10.2. The highest BCUT2D eigenvalue weighted by molar-refractivity contribution is 5.12. The van der Waals surface area contributed by atoms with Crippen molar-refractivity contribution in [1.82, 2.24) is 9.97 Å². The smallest absolute Gasteiger partial charge is 0.249 e. The molecular weight excluding hydrogens is 200 g/mol. The first-order valence-corrected chi connectivity index (χ1v) is 5.31. The van der Waals surface area contributed by atoms with Gasteiger partial charge in [-0.2, -0.15) is 0 Å². The maximum atomic E-state index is 11.5. The van der Waals surface area contributed by atoms with Crippen LogP contribution in [0.15, 0.2) is 35.3 Å². The van der Waals surface area contributed by atoms with Gasteiger partial charge in [0.05, 0.1) is 5.69 Å². The number of nitrogens with zero attached hydrogens (tertiary/aromatic N) is 1. The summed E-state index contributed by atoms with van der Waals surface area (Å²) in [6.45, 7) is 8.03. The molecule has 3 nitrogen and oxygen atoms in total. The predicted molar refractivity (Wildman–Crippen MR) is 65.9 cm³/mol. The third-order valence-electron chi connectivity index (χ3n) is 2.10. The van der Waals surface area contributed by atoms with Crippen molar-refractivity contribution in [3.63, 3.8) is 0 Å². The van der Waals surface area contributed by atoms with Crippen LogP contribution in [0.2, 0.25) is 0 Å². The molecule has 0 aliphatic rings. The number of rotatable bonds is 0. The Hall–Kier alpha value is -1.64. The van der Waals surface area contributed by atoms with Crippen molar-refractivity contribution in [3.05, 3.63) is 52.2 Å². The summed E-state index contributed by atoms with van der Waals surface area (Å²) in [5, 5.41) is 0. The molecule has 1 rings (SSSR count). The highest BCUT2D eigenvalue weighted by Crippen LogP contribution is 2.17. The van der Waals surface area contributed by atoms with E-state index >= 15 is 0 Å². The SMILES string of the molecule is Cc1cccc[nH]c(=O)cc(C(C)(C)C)n1. The summed E-state index contributed by atoms with van der Waals surface area (Å²) in [6.07, 6.45) is 1.62. The molecule has 3 heteroatoms. The van der Waals surface area contributed by atoms with Crippen LogP contribution in [-0.2, 0) is 5.41 Å².